The average Bonchev–Trinajstić information content (AvgIpc) is 3.43. The smallest absolute Gasteiger partial charge is 0.345 e. The zero-order valence-corrected chi connectivity index (χ0v) is 35.2. The van der Waals surface area contributed by atoms with E-state index >= 15 is 0 Å². The second kappa shape index (κ2) is 17.0. The van der Waals surface area contributed by atoms with Gasteiger partial charge in [0, 0.05) is 12.0 Å². The number of esters is 1. The van der Waals surface area contributed by atoms with Crippen molar-refractivity contribution in [1.29, 1.82) is 0 Å². The summed E-state index contributed by atoms with van der Waals surface area (Å²) < 4.78 is 5.74. The molecule has 0 radical (unpaired) electrons. The first-order chi connectivity index (χ1) is 25.0. The lowest BCUT2D eigenvalue weighted by molar-refractivity contribution is -0.166. The number of fused-ring (bicyclic) bond motifs is 5. The molecule has 4 heteroatoms. The van der Waals surface area contributed by atoms with Crippen LogP contribution in [-0.4, -0.2) is 23.1 Å². The van der Waals surface area contributed by atoms with Crippen molar-refractivity contribution in [3.8, 4) is 0 Å². The van der Waals surface area contributed by atoms with Gasteiger partial charge in [-0.1, -0.05) is 121 Å². The standard InChI is InChI=1S/C49H74O4/c1-32(2)14-11-17-36(6)41-23-24-42-39-21-20-38-31-37(25-28-48(38,9)43(39)26-29-49(41,42)10)45(46(51)52)53-44(50)30-34(4)16-12-15-33(3)19-22-40-35(5)18-13-27-47(40,7)8/h12,15-16,19-20,22,30,32,36-37,39,41-43,45H,11,13-14,17-18,21,23-29,31H2,1-10H3,(H,51,52)/t36-,37-,39+,41-,42+,43+,45?,48+,49-/m1/s1. The van der Waals surface area contributed by atoms with Crippen LogP contribution in [0.15, 0.2) is 70.4 Å². The number of hydrogen-bond acceptors (Lipinski definition) is 3. The van der Waals surface area contributed by atoms with E-state index in [4.69, 9.17) is 4.74 Å². The largest absolute Gasteiger partial charge is 0.478 e. The highest BCUT2D eigenvalue weighted by Crippen LogP contribution is 2.67. The molecule has 0 saturated heterocycles. The van der Waals surface area contributed by atoms with Gasteiger partial charge in [0.1, 0.15) is 0 Å². The molecule has 0 aliphatic heterocycles. The summed E-state index contributed by atoms with van der Waals surface area (Å²) in [6.07, 6.45) is 29.8. The number of hydrogen-bond donors (Lipinski definition) is 1. The molecule has 53 heavy (non-hydrogen) atoms. The number of carbonyl (C=O) groups excluding carboxylic acids is 1. The van der Waals surface area contributed by atoms with Crippen LogP contribution in [0.3, 0.4) is 0 Å². The minimum atomic E-state index is -1.13. The van der Waals surface area contributed by atoms with Crippen molar-refractivity contribution in [1.82, 2.24) is 0 Å². The number of rotatable bonds is 13. The van der Waals surface area contributed by atoms with E-state index < -0.39 is 18.0 Å². The lowest BCUT2D eigenvalue weighted by atomic mass is 9.46. The van der Waals surface area contributed by atoms with Crippen molar-refractivity contribution < 1.29 is 19.4 Å². The van der Waals surface area contributed by atoms with E-state index in [1.807, 2.05) is 25.2 Å². The molecular formula is C49H74O4. The molecule has 3 fully saturated rings. The Hall–Kier alpha value is -2.62. The van der Waals surface area contributed by atoms with E-state index in [-0.39, 0.29) is 16.7 Å². The fraction of sp³-hybridized carbons (Fsp3) is 0.714. The molecule has 1 N–H and O–H groups in total. The van der Waals surface area contributed by atoms with Gasteiger partial charge in [-0.25, -0.2) is 9.59 Å². The molecule has 5 rings (SSSR count). The number of carboxylic acid groups (broad SMARTS) is 1. The van der Waals surface area contributed by atoms with E-state index in [0.29, 0.717) is 11.3 Å². The minimum Gasteiger partial charge on any atom is -0.478 e. The van der Waals surface area contributed by atoms with E-state index in [1.54, 1.807) is 0 Å². The van der Waals surface area contributed by atoms with Crippen LogP contribution in [0.1, 0.15) is 159 Å². The molecule has 0 spiro atoms. The third-order valence-corrected chi connectivity index (χ3v) is 15.4. The van der Waals surface area contributed by atoms with Gasteiger partial charge in [-0.15, -0.1) is 0 Å². The van der Waals surface area contributed by atoms with Gasteiger partial charge in [0.15, 0.2) is 0 Å². The maximum absolute atomic E-state index is 13.1. The summed E-state index contributed by atoms with van der Waals surface area (Å²) in [5.74, 6) is 2.85. The molecule has 5 aliphatic rings. The Morgan fingerprint density at radius 3 is 2.40 bits per heavy atom. The van der Waals surface area contributed by atoms with Gasteiger partial charge in [0.2, 0.25) is 6.10 Å². The van der Waals surface area contributed by atoms with Gasteiger partial charge >= 0.3 is 11.9 Å². The molecule has 294 valence electrons. The van der Waals surface area contributed by atoms with Gasteiger partial charge in [-0.05, 0) is 154 Å². The van der Waals surface area contributed by atoms with Crippen LogP contribution < -0.4 is 0 Å². The predicted octanol–water partition coefficient (Wildman–Crippen LogP) is 13.2. The van der Waals surface area contributed by atoms with E-state index in [0.717, 1.165) is 66.4 Å². The van der Waals surface area contributed by atoms with Crippen LogP contribution in [-0.2, 0) is 14.3 Å². The molecule has 5 aliphatic carbocycles. The Kier molecular flexibility index (Phi) is 13.3. The van der Waals surface area contributed by atoms with Crippen molar-refractivity contribution in [3.63, 3.8) is 0 Å². The first kappa shape index (κ1) is 41.5. The monoisotopic (exact) mass is 727 g/mol. The highest BCUT2D eigenvalue weighted by molar-refractivity contribution is 5.86. The SMILES string of the molecule is CC(C=CC1=C(C)CCCC1(C)C)=CC=CC(C)=CC(=O)OC(C(=O)O)[C@@H]1CC[C@@]2(C)C(=CC[C@H]3[C@@H]4CC[C@H]([C@H](C)CCCC(C)C)[C@@]4(C)CC[C@@H]32)C1. The number of aliphatic carboxylic acids is 1. The summed E-state index contributed by atoms with van der Waals surface area (Å²) >= 11 is 0. The van der Waals surface area contributed by atoms with Crippen LogP contribution in [0.5, 0.6) is 0 Å². The lowest BCUT2D eigenvalue weighted by Gasteiger charge is -2.58. The Balaban J connectivity index is 1.19. The van der Waals surface area contributed by atoms with Gasteiger partial charge in [-0.2, -0.15) is 0 Å². The molecule has 0 amide bonds. The van der Waals surface area contributed by atoms with Crippen LogP contribution in [0.4, 0.5) is 0 Å². The van der Waals surface area contributed by atoms with Crippen molar-refractivity contribution in [2.45, 2.75) is 165 Å². The Bertz CT molecular complexity index is 1530. The third kappa shape index (κ3) is 9.27. The highest BCUT2D eigenvalue weighted by Gasteiger charge is 2.59. The molecule has 0 aromatic rings. The molecule has 1 unspecified atom stereocenters. The first-order valence-electron chi connectivity index (χ1n) is 21.5. The summed E-state index contributed by atoms with van der Waals surface area (Å²) in [7, 11) is 0. The normalized spacial score (nSPS) is 34.5. The van der Waals surface area contributed by atoms with Crippen molar-refractivity contribution >= 4 is 11.9 Å². The van der Waals surface area contributed by atoms with Gasteiger partial charge in [0.25, 0.3) is 0 Å². The van der Waals surface area contributed by atoms with Gasteiger partial charge < -0.3 is 9.84 Å². The maximum atomic E-state index is 13.1. The molecule has 0 bridgehead atoms. The third-order valence-electron chi connectivity index (χ3n) is 15.4. The Morgan fingerprint density at radius 1 is 0.943 bits per heavy atom. The summed E-state index contributed by atoms with van der Waals surface area (Å²) in [5, 5.41) is 10.3. The van der Waals surface area contributed by atoms with Crippen LogP contribution >= 0.6 is 0 Å². The summed E-state index contributed by atoms with van der Waals surface area (Å²) in [5.41, 5.74) is 7.01. The van der Waals surface area contributed by atoms with Crippen molar-refractivity contribution in [3.05, 3.63) is 70.4 Å². The van der Waals surface area contributed by atoms with Gasteiger partial charge in [-0.3, -0.25) is 0 Å². The fourth-order valence-corrected chi connectivity index (χ4v) is 12.3. The average molecular weight is 727 g/mol. The summed E-state index contributed by atoms with van der Waals surface area (Å²) in [4.78, 5) is 25.6. The topological polar surface area (TPSA) is 63.6 Å². The molecule has 3 saturated carbocycles. The first-order valence-corrected chi connectivity index (χ1v) is 21.5. The zero-order chi connectivity index (χ0) is 38.7. The summed E-state index contributed by atoms with van der Waals surface area (Å²) in [6.45, 7) is 23.2. The number of carbonyl (C=O) groups is 2. The van der Waals surface area contributed by atoms with Crippen molar-refractivity contribution in [2.24, 2.45) is 57.7 Å². The van der Waals surface area contributed by atoms with E-state index in [9.17, 15) is 14.7 Å². The minimum absolute atomic E-state index is 0.124. The molecule has 0 heterocycles. The summed E-state index contributed by atoms with van der Waals surface area (Å²) in [6, 6.07) is 0. The second-order valence-electron chi connectivity index (χ2n) is 19.9. The molecule has 9 atom stereocenters. The molecule has 0 aromatic carbocycles. The van der Waals surface area contributed by atoms with E-state index in [2.05, 4.69) is 80.5 Å². The predicted molar refractivity (Wildman–Crippen MR) is 220 cm³/mol. The molecule has 4 nitrogen and oxygen atoms in total. The Labute approximate surface area is 323 Å². The molecular weight excluding hydrogens is 653 g/mol. The highest BCUT2D eigenvalue weighted by atomic mass is 16.6. The maximum Gasteiger partial charge on any atom is 0.345 e. The fourth-order valence-electron chi connectivity index (χ4n) is 12.3. The number of carboxylic acids is 1. The van der Waals surface area contributed by atoms with Gasteiger partial charge in [0.05, 0.1) is 0 Å². The van der Waals surface area contributed by atoms with E-state index in [1.165, 1.54) is 87.0 Å². The molecule has 0 aromatic heterocycles. The lowest BCUT2D eigenvalue weighted by Crippen LogP contribution is -2.51. The van der Waals surface area contributed by atoms with Crippen LogP contribution in [0, 0.1) is 57.7 Å². The van der Waals surface area contributed by atoms with Crippen LogP contribution in [0.2, 0.25) is 0 Å². The zero-order valence-electron chi connectivity index (χ0n) is 35.2. The number of ether oxygens (including phenoxy) is 1. The Morgan fingerprint density at radius 2 is 1.70 bits per heavy atom. The number of allylic oxidation sites excluding steroid dienone is 11. The van der Waals surface area contributed by atoms with Crippen LogP contribution in [0.25, 0.3) is 0 Å². The van der Waals surface area contributed by atoms with Crippen molar-refractivity contribution in [2.75, 3.05) is 0 Å². The quantitative estimate of drug-likeness (QED) is 0.0888. The second-order valence-corrected chi connectivity index (χ2v) is 19.9.